The van der Waals surface area contributed by atoms with Crippen LogP contribution in [0.2, 0.25) is 0 Å². The highest BCUT2D eigenvalue weighted by atomic mass is 16.5. The summed E-state index contributed by atoms with van der Waals surface area (Å²) in [6.45, 7) is 2.49. The lowest BCUT2D eigenvalue weighted by Gasteiger charge is -2.25. The van der Waals surface area contributed by atoms with Gasteiger partial charge in [0.05, 0.1) is 30.4 Å². The van der Waals surface area contributed by atoms with Crippen LogP contribution in [0.25, 0.3) is 11.4 Å². The lowest BCUT2D eigenvalue weighted by molar-refractivity contribution is 0.206. The molecule has 1 fully saturated rings. The van der Waals surface area contributed by atoms with Crippen molar-refractivity contribution in [3.63, 3.8) is 0 Å². The molecule has 0 bridgehead atoms. The monoisotopic (exact) mass is 311 g/mol. The van der Waals surface area contributed by atoms with E-state index in [0.29, 0.717) is 24.3 Å². The van der Waals surface area contributed by atoms with Crippen molar-refractivity contribution in [2.24, 2.45) is 0 Å². The molecule has 3 aromatic heterocycles. The molecule has 0 amide bonds. The van der Waals surface area contributed by atoms with Crippen LogP contribution >= 0.6 is 0 Å². The van der Waals surface area contributed by atoms with E-state index in [1.807, 2.05) is 12.4 Å². The quantitative estimate of drug-likeness (QED) is 0.737. The molecule has 2 aliphatic rings. The largest absolute Gasteiger partial charge is 0.472 e. The normalized spacial score (nSPS) is 18.3. The number of imidazole rings is 1. The van der Waals surface area contributed by atoms with Crippen LogP contribution in [0.3, 0.4) is 0 Å². The van der Waals surface area contributed by atoms with Crippen molar-refractivity contribution >= 4 is 0 Å². The van der Waals surface area contributed by atoms with Gasteiger partial charge in [-0.05, 0) is 18.9 Å². The second-order valence-corrected chi connectivity index (χ2v) is 6.26. The molecule has 7 heteroatoms. The summed E-state index contributed by atoms with van der Waals surface area (Å²) < 4.78 is 12.8. The molecule has 1 saturated carbocycles. The summed E-state index contributed by atoms with van der Waals surface area (Å²) in [7, 11) is 0. The maximum absolute atomic E-state index is 5.36. The van der Waals surface area contributed by atoms with Gasteiger partial charge in [0.2, 0.25) is 11.7 Å². The third-order valence-corrected chi connectivity index (χ3v) is 4.57. The molecule has 4 heterocycles. The van der Waals surface area contributed by atoms with E-state index in [0.717, 1.165) is 25.1 Å². The molecule has 0 unspecified atom stereocenters. The van der Waals surface area contributed by atoms with Crippen LogP contribution in [0.4, 0.5) is 0 Å². The Labute approximate surface area is 132 Å². The molecule has 118 valence electrons. The van der Waals surface area contributed by atoms with E-state index in [9.17, 15) is 0 Å². The van der Waals surface area contributed by atoms with Crippen LogP contribution in [0.15, 0.2) is 33.9 Å². The Bertz CT molecular complexity index is 816. The first kappa shape index (κ1) is 13.1. The summed E-state index contributed by atoms with van der Waals surface area (Å²) >= 11 is 0. The van der Waals surface area contributed by atoms with Crippen molar-refractivity contribution in [2.75, 3.05) is 6.54 Å². The maximum atomic E-state index is 5.36. The van der Waals surface area contributed by atoms with Crippen molar-refractivity contribution in [3.05, 3.63) is 42.2 Å². The first-order chi connectivity index (χ1) is 11.4. The van der Waals surface area contributed by atoms with E-state index >= 15 is 0 Å². The second-order valence-electron chi connectivity index (χ2n) is 6.26. The van der Waals surface area contributed by atoms with E-state index in [-0.39, 0.29) is 0 Å². The maximum Gasteiger partial charge on any atom is 0.241 e. The zero-order chi connectivity index (χ0) is 15.2. The highest BCUT2D eigenvalue weighted by molar-refractivity contribution is 5.51. The average molecular weight is 311 g/mol. The molecule has 1 aliphatic heterocycles. The van der Waals surface area contributed by atoms with E-state index in [1.54, 1.807) is 12.5 Å². The Morgan fingerprint density at radius 3 is 3.09 bits per heavy atom. The molecule has 0 saturated heterocycles. The zero-order valence-electron chi connectivity index (χ0n) is 12.7. The minimum absolute atomic E-state index is 0.574. The van der Waals surface area contributed by atoms with Crippen molar-refractivity contribution in [3.8, 4) is 11.4 Å². The molecule has 0 spiro atoms. The molecule has 0 N–H and O–H groups in total. The second kappa shape index (κ2) is 5.06. The number of hydrogen-bond donors (Lipinski definition) is 0. The topological polar surface area (TPSA) is 73.1 Å². The molecule has 23 heavy (non-hydrogen) atoms. The number of furan rings is 1. The van der Waals surface area contributed by atoms with Crippen molar-refractivity contribution < 1.29 is 8.94 Å². The van der Waals surface area contributed by atoms with Crippen LogP contribution in [0.5, 0.6) is 0 Å². The minimum atomic E-state index is 0.574. The molecule has 0 radical (unpaired) electrons. The number of fused-ring (bicyclic) bond motifs is 1. The average Bonchev–Trinajstić information content (AvgIpc) is 2.99. The van der Waals surface area contributed by atoms with Gasteiger partial charge in [0.15, 0.2) is 0 Å². The third kappa shape index (κ3) is 2.37. The van der Waals surface area contributed by atoms with Crippen LogP contribution in [-0.2, 0) is 19.5 Å². The van der Waals surface area contributed by atoms with Crippen molar-refractivity contribution in [1.82, 2.24) is 24.6 Å². The van der Waals surface area contributed by atoms with Gasteiger partial charge in [-0.15, -0.1) is 0 Å². The Morgan fingerprint density at radius 1 is 1.30 bits per heavy atom. The van der Waals surface area contributed by atoms with Gasteiger partial charge in [0, 0.05) is 31.2 Å². The Balaban J connectivity index is 1.30. The van der Waals surface area contributed by atoms with Crippen LogP contribution < -0.4 is 0 Å². The predicted molar refractivity (Wildman–Crippen MR) is 80.3 cm³/mol. The van der Waals surface area contributed by atoms with Crippen LogP contribution in [0, 0.1) is 0 Å². The first-order valence-electron chi connectivity index (χ1n) is 7.99. The standard InChI is InChI=1S/C16H17N5O2/c1-2-12(1)21-10-17-13-7-20(5-3-14(13)21)8-15-18-16(19-23-15)11-4-6-22-9-11/h4,6,9-10,12H,1-3,5,7-8H2. The van der Waals surface area contributed by atoms with Crippen molar-refractivity contribution in [2.45, 2.75) is 38.4 Å². The fraction of sp³-hybridized carbons (Fsp3) is 0.438. The predicted octanol–water partition coefficient (Wildman–Crippen LogP) is 2.42. The summed E-state index contributed by atoms with van der Waals surface area (Å²) in [6.07, 6.45) is 8.86. The van der Waals surface area contributed by atoms with Crippen molar-refractivity contribution in [1.29, 1.82) is 0 Å². The Hall–Kier alpha value is -2.41. The number of nitrogens with zero attached hydrogens (tertiary/aromatic N) is 5. The highest BCUT2D eigenvalue weighted by Gasteiger charge is 2.29. The summed E-state index contributed by atoms with van der Waals surface area (Å²) in [5.74, 6) is 1.20. The first-order valence-corrected chi connectivity index (χ1v) is 7.99. The van der Waals surface area contributed by atoms with E-state index in [4.69, 9.17) is 8.94 Å². The minimum Gasteiger partial charge on any atom is -0.472 e. The molecule has 0 aromatic carbocycles. The summed E-state index contributed by atoms with van der Waals surface area (Å²) in [5.41, 5.74) is 3.44. The van der Waals surface area contributed by atoms with Gasteiger partial charge in [-0.25, -0.2) is 4.98 Å². The highest BCUT2D eigenvalue weighted by Crippen LogP contribution is 2.37. The number of hydrogen-bond acceptors (Lipinski definition) is 6. The van der Waals surface area contributed by atoms with Gasteiger partial charge in [-0.3, -0.25) is 4.90 Å². The fourth-order valence-electron chi connectivity index (χ4n) is 3.21. The van der Waals surface area contributed by atoms with Gasteiger partial charge in [0.1, 0.15) is 6.26 Å². The van der Waals surface area contributed by atoms with Gasteiger partial charge in [0.25, 0.3) is 0 Å². The molecule has 0 atom stereocenters. The Morgan fingerprint density at radius 2 is 2.26 bits per heavy atom. The molecule has 7 nitrogen and oxygen atoms in total. The summed E-state index contributed by atoms with van der Waals surface area (Å²) in [5, 5.41) is 4.01. The molecular weight excluding hydrogens is 294 g/mol. The zero-order valence-corrected chi connectivity index (χ0v) is 12.7. The van der Waals surface area contributed by atoms with E-state index < -0.39 is 0 Å². The fourth-order valence-corrected chi connectivity index (χ4v) is 3.21. The van der Waals surface area contributed by atoms with Gasteiger partial charge < -0.3 is 13.5 Å². The SMILES string of the molecule is c1cc(-c2noc(CN3CCc4c(ncn4C4CC4)C3)n2)co1. The van der Waals surface area contributed by atoms with E-state index in [2.05, 4.69) is 24.6 Å². The Kier molecular flexibility index (Phi) is 2.87. The number of rotatable bonds is 4. The van der Waals surface area contributed by atoms with E-state index in [1.165, 1.54) is 24.2 Å². The molecular formula is C16H17N5O2. The van der Waals surface area contributed by atoms with Crippen LogP contribution in [-0.4, -0.2) is 31.1 Å². The molecule has 5 rings (SSSR count). The number of aromatic nitrogens is 4. The smallest absolute Gasteiger partial charge is 0.241 e. The molecule has 3 aromatic rings. The van der Waals surface area contributed by atoms with Gasteiger partial charge >= 0.3 is 0 Å². The summed E-state index contributed by atoms with van der Waals surface area (Å²) in [6, 6.07) is 2.53. The van der Waals surface area contributed by atoms with Gasteiger partial charge in [-0.2, -0.15) is 4.98 Å². The van der Waals surface area contributed by atoms with Crippen LogP contribution in [0.1, 0.15) is 36.2 Å². The lowest BCUT2D eigenvalue weighted by atomic mass is 10.1. The molecule has 1 aliphatic carbocycles. The lowest BCUT2D eigenvalue weighted by Crippen LogP contribution is -2.31. The third-order valence-electron chi connectivity index (χ3n) is 4.57. The summed E-state index contributed by atoms with van der Waals surface area (Å²) in [4.78, 5) is 11.3. The van der Waals surface area contributed by atoms with Gasteiger partial charge in [-0.1, -0.05) is 5.16 Å².